The summed E-state index contributed by atoms with van der Waals surface area (Å²) in [5, 5.41) is 9.88. The fourth-order valence-corrected chi connectivity index (χ4v) is 6.49. The van der Waals surface area contributed by atoms with Crippen LogP contribution in [0.3, 0.4) is 0 Å². The van der Waals surface area contributed by atoms with Crippen LogP contribution >= 0.6 is 0 Å². The normalized spacial score (nSPS) is 43.3. The van der Waals surface area contributed by atoms with Gasteiger partial charge in [0.25, 0.3) is 0 Å². The third-order valence-corrected chi connectivity index (χ3v) is 7.90. The highest BCUT2D eigenvalue weighted by molar-refractivity contribution is 5.06. The predicted octanol–water partition coefficient (Wildman–Crippen LogP) is 6.73. The van der Waals surface area contributed by atoms with Crippen LogP contribution in [0.25, 0.3) is 0 Å². The van der Waals surface area contributed by atoms with Gasteiger partial charge in [-0.05, 0) is 81.0 Å². The van der Waals surface area contributed by atoms with Crippen molar-refractivity contribution in [1.82, 2.24) is 0 Å². The Morgan fingerprint density at radius 1 is 0.957 bits per heavy atom. The van der Waals surface area contributed by atoms with E-state index < -0.39 is 0 Å². The highest BCUT2D eigenvalue weighted by Gasteiger charge is 2.48. The van der Waals surface area contributed by atoms with Crippen LogP contribution in [0, 0.1) is 46.3 Å². The third-order valence-electron chi connectivity index (χ3n) is 7.90. The Morgan fingerprint density at radius 2 is 1.74 bits per heavy atom. The van der Waals surface area contributed by atoms with Gasteiger partial charge in [-0.3, -0.25) is 0 Å². The van der Waals surface area contributed by atoms with E-state index in [1.54, 1.807) is 0 Å². The van der Waals surface area contributed by atoms with Crippen molar-refractivity contribution in [2.75, 3.05) is 0 Å². The summed E-state index contributed by atoms with van der Waals surface area (Å²) in [7, 11) is 0. The second kappa shape index (κ2) is 7.58. The Kier molecular flexibility index (Phi) is 5.71. The van der Waals surface area contributed by atoms with Crippen LogP contribution in [0.4, 0.5) is 0 Å². The van der Waals surface area contributed by atoms with E-state index >= 15 is 0 Å². The molecular weight excluding hydrogens is 278 g/mol. The molecule has 6 atom stereocenters. The number of rotatable bonds is 5. The third kappa shape index (κ3) is 3.62. The van der Waals surface area contributed by atoms with E-state index in [-0.39, 0.29) is 5.41 Å². The van der Waals surface area contributed by atoms with Crippen molar-refractivity contribution in [2.24, 2.45) is 35.0 Å². The van der Waals surface area contributed by atoms with Gasteiger partial charge in [0.2, 0.25) is 0 Å². The zero-order valence-electron chi connectivity index (χ0n) is 15.5. The minimum Gasteiger partial charge on any atom is -0.198 e. The van der Waals surface area contributed by atoms with E-state index in [1.807, 2.05) is 0 Å². The largest absolute Gasteiger partial charge is 0.198 e. The molecule has 3 aliphatic rings. The second-order valence-electron chi connectivity index (χ2n) is 9.10. The molecule has 0 aromatic rings. The molecule has 130 valence electrons. The van der Waals surface area contributed by atoms with Gasteiger partial charge in [0.1, 0.15) is 0 Å². The molecule has 3 rings (SSSR count). The van der Waals surface area contributed by atoms with Crippen molar-refractivity contribution in [3.63, 3.8) is 0 Å². The minimum absolute atomic E-state index is 0.0454. The summed E-state index contributed by atoms with van der Waals surface area (Å²) in [4.78, 5) is 0. The Bertz CT molecular complexity index is 422. The van der Waals surface area contributed by atoms with Gasteiger partial charge in [-0.15, -0.1) is 0 Å². The van der Waals surface area contributed by atoms with Crippen LogP contribution in [0.15, 0.2) is 0 Å². The van der Waals surface area contributed by atoms with Crippen LogP contribution in [-0.4, -0.2) is 0 Å². The first-order chi connectivity index (χ1) is 11.2. The molecule has 0 aromatic carbocycles. The quantitative estimate of drug-likeness (QED) is 0.516. The summed E-state index contributed by atoms with van der Waals surface area (Å²) in [6.07, 6.45) is 17.6. The number of nitriles is 1. The predicted molar refractivity (Wildman–Crippen MR) is 96.9 cm³/mol. The van der Waals surface area contributed by atoms with Crippen molar-refractivity contribution in [1.29, 1.82) is 5.26 Å². The first-order valence-corrected chi connectivity index (χ1v) is 10.6. The lowest BCUT2D eigenvalue weighted by molar-refractivity contribution is -0.0174. The van der Waals surface area contributed by atoms with Gasteiger partial charge in [0.05, 0.1) is 11.5 Å². The molecular formula is C22H37N. The number of hydrogen-bond acceptors (Lipinski definition) is 1. The molecule has 3 fully saturated rings. The van der Waals surface area contributed by atoms with Crippen molar-refractivity contribution in [3.05, 3.63) is 0 Å². The zero-order valence-corrected chi connectivity index (χ0v) is 15.5. The highest BCUT2D eigenvalue weighted by atomic mass is 14.5. The van der Waals surface area contributed by atoms with Crippen molar-refractivity contribution >= 4 is 0 Å². The number of fused-ring (bicyclic) bond motifs is 3. The van der Waals surface area contributed by atoms with Crippen molar-refractivity contribution in [2.45, 2.75) is 97.3 Å². The molecule has 0 aliphatic heterocycles. The summed E-state index contributed by atoms with van der Waals surface area (Å²) in [6, 6.07) is 2.80. The van der Waals surface area contributed by atoms with Gasteiger partial charge in [-0.25, -0.2) is 0 Å². The Hall–Kier alpha value is -0.510. The lowest BCUT2D eigenvalue weighted by Gasteiger charge is -2.52. The van der Waals surface area contributed by atoms with Crippen LogP contribution in [0.2, 0.25) is 0 Å². The van der Waals surface area contributed by atoms with Gasteiger partial charge in [0, 0.05) is 0 Å². The number of hydrogen-bond donors (Lipinski definition) is 0. The lowest BCUT2D eigenvalue weighted by Crippen LogP contribution is -2.44. The first-order valence-electron chi connectivity index (χ1n) is 10.6. The molecule has 0 amide bonds. The van der Waals surface area contributed by atoms with E-state index in [2.05, 4.69) is 19.9 Å². The summed E-state index contributed by atoms with van der Waals surface area (Å²) in [6.45, 7) is 4.65. The summed E-state index contributed by atoms with van der Waals surface area (Å²) in [5.74, 6) is 4.92. The lowest BCUT2D eigenvalue weighted by atomic mass is 9.52. The molecule has 0 radical (unpaired) electrons. The molecule has 0 saturated heterocycles. The molecule has 0 heterocycles. The smallest absolute Gasteiger partial charge is 0.0689 e. The summed E-state index contributed by atoms with van der Waals surface area (Å²) < 4.78 is 0. The number of unbranched alkanes of at least 4 members (excludes halogenated alkanes) is 2. The molecule has 3 saturated carbocycles. The molecule has 3 aliphatic carbocycles. The topological polar surface area (TPSA) is 23.8 Å². The molecule has 23 heavy (non-hydrogen) atoms. The van der Waals surface area contributed by atoms with Crippen LogP contribution in [-0.2, 0) is 0 Å². The molecule has 0 spiro atoms. The fourth-order valence-electron chi connectivity index (χ4n) is 6.49. The molecule has 0 N–H and O–H groups in total. The molecule has 0 aromatic heterocycles. The van der Waals surface area contributed by atoms with Gasteiger partial charge in [-0.1, -0.05) is 46.0 Å². The van der Waals surface area contributed by atoms with E-state index in [4.69, 9.17) is 0 Å². The number of nitrogens with zero attached hydrogens (tertiary/aromatic N) is 1. The van der Waals surface area contributed by atoms with Crippen molar-refractivity contribution in [3.8, 4) is 6.07 Å². The van der Waals surface area contributed by atoms with E-state index in [0.717, 1.165) is 29.6 Å². The van der Waals surface area contributed by atoms with Crippen molar-refractivity contribution < 1.29 is 0 Å². The summed E-state index contributed by atoms with van der Waals surface area (Å²) in [5.41, 5.74) is 0.0454. The van der Waals surface area contributed by atoms with E-state index in [1.165, 1.54) is 83.5 Å². The van der Waals surface area contributed by atoms with Gasteiger partial charge in [0.15, 0.2) is 0 Å². The van der Waals surface area contributed by atoms with Gasteiger partial charge >= 0.3 is 0 Å². The standard InChI is InChI=1S/C22H37N/c1-3-5-6-12-22(16-23)13-11-21-19(15-22)9-8-18-14-17(4-2)7-10-20(18)21/h17-21H,3-15H2,1-2H3. The molecule has 1 heteroatoms. The fraction of sp³-hybridized carbons (Fsp3) is 0.955. The zero-order chi connectivity index (χ0) is 16.3. The maximum atomic E-state index is 9.88. The van der Waals surface area contributed by atoms with Crippen LogP contribution in [0.1, 0.15) is 97.3 Å². The average molecular weight is 316 g/mol. The van der Waals surface area contributed by atoms with Crippen LogP contribution < -0.4 is 0 Å². The maximum absolute atomic E-state index is 9.88. The first kappa shape index (κ1) is 17.3. The highest BCUT2D eigenvalue weighted by Crippen LogP contribution is 2.56. The minimum atomic E-state index is 0.0454. The Morgan fingerprint density at radius 3 is 2.48 bits per heavy atom. The molecule has 1 nitrogen and oxygen atoms in total. The van der Waals surface area contributed by atoms with Crippen LogP contribution in [0.5, 0.6) is 0 Å². The molecule has 0 bridgehead atoms. The maximum Gasteiger partial charge on any atom is 0.0689 e. The van der Waals surface area contributed by atoms with E-state index in [0.29, 0.717) is 0 Å². The monoisotopic (exact) mass is 315 g/mol. The average Bonchev–Trinajstić information content (AvgIpc) is 2.61. The Balaban J connectivity index is 1.62. The van der Waals surface area contributed by atoms with E-state index in [9.17, 15) is 5.26 Å². The molecule has 6 unspecified atom stereocenters. The SMILES string of the molecule is CCCCCC1(C#N)CCC2C(CCC3CC(CC)CCC32)C1. The van der Waals surface area contributed by atoms with Gasteiger partial charge < -0.3 is 0 Å². The van der Waals surface area contributed by atoms with Gasteiger partial charge in [-0.2, -0.15) is 5.26 Å². The Labute approximate surface area is 144 Å². The summed E-state index contributed by atoms with van der Waals surface area (Å²) >= 11 is 0. The second-order valence-corrected chi connectivity index (χ2v) is 9.10.